The molecule has 0 bridgehead atoms. The molecule has 0 spiro atoms. The molecule has 0 heterocycles. The highest BCUT2D eigenvalue weighted by Crippen LogP contribution is 1.91. The summed E-state index contributed by atoms with van der Waals surface area (Å²) in [6, 6.07) is -2.31. The van der Waals surface area contributed by atoms with Gasteiger partial charge in [-0.1, -0.05) is 0 Å². The van der Waals surface area contributed by atoms with E-state index in [2.05, 4.69) is 23.3 Å². The molecule has 0 radical (unpaired) electrons. The van der Waals surface area contributed by atoms with Gasteiger partial charge in [0.15, 0.2) is 0 Å². The van der Waals surface area contributed by atoms with Crippen LogP contribution in [0.4, 0.5) is 0 Å². The fraction of sp³-hybridized carbons (Fsp3) is 0.625. The van der Waals surface area contributed by atoms with Gasteiger partial charge in [-0.05, 0) is 0 Å². The van der Waals surface area contributed by atoms with Crippen molar-refractivity contribution in [1.29, 1.82) is 0 Å². The monoisotopic (exact) mass is 250 g/mol. The first kappa shape index (κ1) is 14.7. The van der Waals surface area contributed by atoms with Crippen LogP contribution in [0.15, 0.2) is 0 Å². The lowest BCUT2D eigenvalue weighted by Crippen LogP contribution is -2.53. The molecule has 0 rings (SSSR count). The number of hydrogen-bond donors (Lipinski definition) is 5. The van der Waals surface area contributed by atoms with Gasteiger partial charge in [0.1, 0.15) is 12.1 Å². The highest BCUT2D eigenvalue weighted by atomic mass is 32.1. The molecule has 0 saturated carbocycles. The number of aliphatic carboxylic acids is 1. The molecule has 2 amide bonds. The van der Waals surface area contributed by atoms with Crippen molar-refractivity contribution in [2.75, 3.05) is 12.4 Å². The van der Waals surface area contributed by atoms with E-state index in [4.69, 9.17) is 10.2 Å². The van der Waals surface area contributed by atoms with Crippen LogP contribution in [0, 0.1) is 0 Å². The summed E-state index contributed by atoms with van der Waals surface area (Å²) in [5, 5.41) is 21.6. The van der Waals surface area contributed by atoms with Crippen LogP contribution in [-0.4, -0.2) is 52.4 Å². The fourth-order valence-electron chi connectivity index (χ4n) is 0.897. The van der Waals surface area contributed by atoms with Gasteiger partial charge in [-0.2, -0.15) is 12.6 Å². The molecule has 0 aliphatic rings. The third-order valence-electron chi connectivity index (χ3n) is 1.67. The summed E-state index contributed by atoms with van der Waals surface area (Å²) in [6.45, 7) is 0.505. The first-order chi connectivity index (χ1) is 7.42. The van der Waals surface area contributed by atoms with Crippen LogP contribution in [0.3, 0.4) is 0 Å². The van der Waals surface area contributed by atoms with Crippen molar-refractivity contribution in [2.24, 2.45) is 0 Å². The van der Waals surface area contributed by atoms with E-state index in [0.29, 0.717) is 0 Å². The van der Waals surface area contributed by atoms with E-state index >= 15 is 0 Å². The summed E-state index contributed by atoms with van der Waals surface area (Å²) in [4.78, 5) is 32.7. The Bertz CT molecular complexity index is 284. The van der Waals surface area contributed by atoms with Gasteiger partial charge in [0.2, 0.25) is 11.8 Å². The van der Waals surface area contributed by atoms with Crippen LogP contribution in [0.2, 0.25) is 0 Å². The van der Waals surface area contributed by atoms with E-state index in [0.717, 1.165) is 0 Å². The van der Waals surface area contributed by atoms with Crippen LogP contribution in [0.5, 0.6) is 0 Å². The number of rotatable bonds is 6. The zero-order valence-corrected chi connectivity index (χ0v) is 9.53. The minimum Gasteiger partial charge on any atom is -0.480 e. The molecule has 92 valence electrons. The second-order valence-corrected chi connectivity index (χ2v) is 3.38. The number of carboxylic acids is 1. The summed E-state index contributed by atoms with van der Waals surface area (Å²) in [5.74, 6) is -2.45. The van der Waals surface area contributed by atoms with E-state index < -0.39 is 36.5 Å². The average Bonchev–Trinajstić information content (AvgIpc) is 2.21. The van der Waals surface area contributed by atoms with Crippen LogP contribution in [0.1, 0.15) is 6.92 Å². The summed E-state index contributed by atoms with van der Waals surface area (Å²) in [5.41, 5.74) is 0. The molecule has 0 aromatic rings. The Kier molecular flexibility index (Phi) is 6.50. The van der Waals surface area contributed by atoms with Crippen molar-refractivity contribution in [1.82, 2.24) is 10.6 Å². The minimum absolute atomic E-state index is 0.0309. The number of carbonyl (C=O) groups excluding carboxylic acids is 2. The number of nitrogens with one attached hydrogen (secondary N) is 2. The fourth-order valence-corrected chi connectivity index (χ4v) is 1.15. The molecular weight excluding hydrogens is 236 g/mol. The zero-order valence-electron chi connectivity index (χ0n) is 8.64. The van der Waals surface area contributed by atoms with Gasteiger partial charge in [0.25, 0.3) is 0 Å². The van der Waals surface area contributed by atoms with Gasteiger partial charge in [-0.25, -0.2) is 4.79 Å². The van der Waals surface area contributed by atoms with Crippen molar-refractivity contribution in [2.45, 2.75) is 19.0 Å². The molecule has 0 saturated heterocycles. The third-order valence-corrected chi connectivity index (χ3v) is 2.04. The number of aliphatic hydroxyl groups is 1. The van der Waals surface area contributed by atoms with E-state index in [1.54, 1.807) is 0 Å². The van der Waals surface area contributed by atoms with Crippen LogP contribution >= 0.6 is 12.6 Å². The largest absolute Gasteiger partial charge is 0.480 e. The predicted molar refractivity (Wildman–Crippen MR) is 58.1 cm³/mol. The smallest absolute Gasteiger partial charge is 0.328 e. The standard InChI is InChI=1S/C8H14N2O5S/c1-4(12)9-6(3-16)7(13)10-5(2-11)8(14)15/h5-6,11,16H,2-3H2,1H3,(H,9,12)(H,10,13)(H,14,15)/t5-,6-/m0/s1. The van der Waals surface area contributed by atoms with Gasteiger partial charge in [-0.3, -0.25) is 9.59 Å². The summed E-state index contributed by atoms with van der Waals surface area (Å²) >= 11 is 3.85. The maximum absolute atomic E-state index is 11.4. The number of amides is 2. The van der Waals surface area contributed by atoms with E-state index in [-0.39, 0.29) is 5.75 Å². The van der Waals surface area contributed by atoms with Crippen LogP contribution in [-0.2, 0) is 14.4 Å². The average molecular weight is 250 g/mol. The van der Waals surface area contributed by atoms with E-state index in [9.17, 15) is 14.4 Å². The van der Waals surface area contributed by atoms with Crippen LogP contribution in [0.25, 0.3) is 0 Å². The quantitative estimate of drug-likeness (QED) is 0.349. The Balaban J connectivity index is 4.40. The predicted octanol–water partition coefficient (Wildman–Crippen LogP) is -2.02. The third kappa shape index (κ3) is 4.99. The number of carboxylic acid groups (broad SMARTS) is 1. The lowest BCUT2D eigenvalue weighted by Gasteiger charge is -2.18. The Morgan fingerprint density at radius 3 is 2.12 bits per heavy atom. The van der Waals surface area contributed by atoms with Crippen molar-refractivity contribution >= 4 is 30.4 Å². The molecule has 0 aromatic heterocycles. The molecule has 0 unspecified atom stereocenters. The molecule has 0 aliphatic carbocycles. The molecule has 0 fully saturated rings. The Morgan fingerprint density at radius 1 is 1.25 bits per heavy atom. The van der Waals surface area contributed by atoms with Crippen LogP contribution < -0.4 is 10.6 Å². The molecule has 0 aromatic carbocycles. The van der Waals surface area contributed by atoms with Gasteiger partial charge in [0.05, 0.1) is 6.61 Å². The zero-order chi connectivity index (χ0) is 12.7. The molecule has 0 aliphatic heterocycles. The molecule has 2 atom stereocenters. The van der Waals surface area contributed by atoms with Crippen molar-refractivity contribution in [3.05, 3.63) is 0 Å². The van der Waals surface area contributed by atoms with Gasteiger partial charge in [0, 0.05) is 12.7 Å². The van der Waals surface area contributed by atoms with E-state index in [1.807, 2.05) is 0 Å². The first-order valence-electron chi connectivity index (χ1n) is 4.44. The van der Waals surface area contributed by atoms with Crippen molar-refractivity contribution in [3.8, 4) is 0 Å². The van der Waals surface area contributed by atoms with E-state index in [1.165, 1.54) is 6.92 Å². The first-order valence-corrected chi connectivity index (χ1v) is 5.07. The Hall–Kier alpha value is -1.28. The number of hydrogen-bond acceptors (Lipinski definition) is 5. The Labute approximate surface area is 97.6 Å². The number of aliphatic hydroxyl groups excluding tert-OH is 1. The van der Waals surface area contributed by atoms with Gasteiger partial charge in [-0.15, -0.1) is 0 Å². The molecule has 4 N–H and O–H groups in total. The maximum Gasteiger partial charge on any atom is 0.328 e. The summed E-state index contributed by atoms with van der Waals surface area (Å²) in [7, 11) is 0. The second kappa shape index (κ2) is 7.07. The highest BCUT2D eigenvalue weighted by Gasteiger charge is 2.24. The topological polar surface area (TPSA) is 116 Å². The lowest BCUT2D eigenvalue weighted by molar-refractivity contribution is -0.143. The molecule has 7 nitrogen and oxygen atoms in total. The second-order valence-electron chi connectivity index (χ2n) is 3.02. The highest BCUT2D eigenvalue weighted by molar-refractivity contribution is 7.80. The maximum atomic E-state index is 11.4. The summed E-state index contributed by atoms with van der Waals surface area (Å²) in [6.07, 6.45) is 0. The molecular formula is C8H14N2O5S. The molecule has 8 heteroatoms. The SMILES string of the molecule is CC(=O)N[C@@H](CS)C(=O)N[C@@H](CO)C(=O)O. The normalized spacial score (nSPS) is 13.7. The van der Waals surface area contributed by atoms with Gasteiger partial charge >= 0.3 is 5.97 Å². The molecule has 16 heavy (non-hydrogen) atoms. The minimum atomic E-state index is -1.39. The van der Waals surface area contributed by atoms with Gasteiger partial charge < -0.3 is 20.8 Å². The Morgan fingerprint density at radius 2 is 1.81 bits per heavy atom. The van der Waals surface area contributed by atoms with Crippen molar-refractivity contribution in [3.63, 3.8) is 0 Å². The lowest BCUT2D eigenvalue weighted by atomic mass is 10.2. The number of carbonyl (C=O) groups is 3. The van der Waals surface area contributed by atoms with Crippen molar-refractivity contribution < 1.29 is 24.6 Å². The summed E-state index contributed by atoms with van der Waals surface area (Å²) < 4.78 is 0. The number of thiol groups is 1.